The quantitative estimate of drug-likeness (QED) is 0.884. The lowest BCUT2D eigenvalue weighted by molar-refractivity contribution is 0.750. The maximum atomic E-state index is 6.18. The zero-order valence-electron chi connectivity index (χ0n) is 9.70. The molecule has 0 spiro atoms. The van der Waals surface area contributed by atoms with Gasteiger partial charge in [0.25, 0.3) is 0 Å². The van der Waals surface area contributed by atoms with Crippen molar-refractivity contribution in [2.75, 3.05) is 11.9 Å². The Morgan fingerprint density at radius 2 is 2.24 bits per heavy atom. The third-order valence-corrected chi connectivity index (χ3v) is 3.58. The van der Waals surface area contributed by atoms with Crippen molar-refractivity contribution in [3.8, 4) is 0 Å². The van der Waals surface area contributed by atoms with E-state index in [0.29, 0.717) is 0 Å². The molecule has 0 saturated heterocycles. The van der Waals surface area contributed by atoms with Crippen molar-refractivity contribution in [1.82, 2.24) is 9.78 Å². The molecular formula is C13H14ClN3. The zero-order valence-corrected chi connectivity index (χ0v) is 10.5. The molecule has 1 aromatic heterocycles. The second-order valence-corrected chi connectivity index (χ2v) is 4.75. The van der Waals surface area contributed by atoms with Crippen LogP contribution >= 0.6 is 11.6 Å². The number of rotatable bonds is 2. The molecule has 3 rings (SSSR count). The lowest BCUT2D eigenvalue weighted by Gasteiger charge is -2.02. The Hall–Kier alpha value is -1.48. The van der Waals surface area contributed by atoms with E-state index in [0.717, 1.165) is 41.5 Å². The van der Waals surface area contributed by atoms with E-state index in [1.807, 2.05) is 29.9 Å². The predicted molar refractivity (Wildman–Crippen MR) is 69.7 cm³/mol. The highest BCUT2D eigenvalue weighted by atomic mass is 35.5. The third-order valence-electron chi connectivity index (χ3n) is 3.21. The van der Waals surface area contributed by atoms with Gasteiger partial charge < -0.3 is 5.32 Å². The molecular weight excluding hydrogens is 234 g/mol. The van der Waals surface area contributed by atoms with Crippen molar-refractivity contribution >= 4 is 17.4 Å². The number of hydrogen-bond donors (Lipinski definition) is 1. The fourth-order valence-corrected chi connectivity index (χ4v) is 2.58. The predicted octanol–water partition coefficient (Wildman–Crippen LogP) is 2.63. The monoisotopic (exact) mass is 247 g/mol. The lowest BCUT2D eigenvalue weighted by Crippen LogP contribution is -2.02. The summed E-state index contributed by atoms with van der Waals surface area (Å²) in [5, 5.41) is 8.74. The summed E-state index contributed by atoms with van der Waals surface area (Å²) in [5.74, 6) is 1.16. The minimum Gasteiger partial charge on any atom is -0.370 e. The van der Waals surface area contributed by atoms with Gasteiger partial charge in [-0.05, 0) is 18.1 Å². The molecule has 1 aliphatic heterocycles. The number of aryl methyl sites for hydroxylation is 1. The summed E-state index contributed by atoms with van der Waals surface area (Å²) < 4.78 is 1.93. The van der Waals surface area contributed by atoms with Crippen LogP contribution in [0, 0.1) is 0 Å². The number of benzene rings is 1. The molecule has 0 atom stereocenters. The summed E-state index contributed by atoms with van der Waals surface area (Å²) in [6.07, 6.45) is 1.87. The van der Waals surface area contributed by atoms with Crippen LogP contribution in [0.2, 0.25) is 5.02 Å². The van der Waals surface area contributed by atoms with Crippen LogP contribution in [0.1, 0.15) is 16.8 Å². The Morgan fingerprint density at radius 1 is 1.41 bits per heavy atom. The zero-order chi connectivity index (χ0) is 11.8. The van der Waals surface area contributed by atoms with Crippen molar-refractivity contribution in [2.24, 2.45) is 7.05 Å². The van der Waals surface area contributed by atoms with E-state index < -0.39 is 0 Å². The molecule has 2 heterocycles. The second kappa shape index (κ2) is 4.08. The van der Waals surface area contributed by atoms with E-state index in [1.165, 1.54) is 5.56 Å². The number of anilines is 1. The number of nitrogens with one attached hydrogen (secondary N) is 1. The Balaban J connectivity index is 1.97. The largest absolute Gasteiger partial charge is 0.370 e. The normalized spacial score (nSPS) is 13.5. The van der Waals surface area contributed by atoms with E-state index in [2.05, 4.69) is 16.5 Å². The first-order valence-electron chi connectivity index (χ1n) is 5.77. The van der Waals surface area contributed by atoms with E-state index in [9.17, 15) is 0 Å². The van der Waals surface area contributed by atoms with E-state index in [1.54, 1.807) is 0 Å². The average Bonchev–Trinajstić information content (AvgIpc) is 2.88. The van der Waals surface area contributed by atoms with E-state index in [-0.39, 0.29) is 0 Å². The van der Waals surface area contributed by atoms with Crippen LogP contribution in [-0.2, 0) is 19.9 Å². The summed E-state index contributed by atoms with van der Waals surface area (Å²) in [4.78, 5) is 0. The van der Waals surface area contributed by atoms with Crippen molar-refractivity contribution in [3.63, 3.8) is 0 Å². The van der Waals surface area contributed by atoms with Crippen LogP contribution < -0.4 is 5.32 Å². The fraction of sp³-hybridized carbons (Fsp3) is 0.308. The third kappa shape index (κ3) is 1.80. The van der Waals surface area contributed by atoms with E-state index in [4.69, 9.17) is 11.6 Å². The number of aromatic nitrogens is 2. The Morgan fingerprint density at radius 3 is 3.06 bits per heavy atom. The molecule has 0 bridgehead atoms. The summed E-state index contributed by atoms with van der Waals surface area (Å²) in [5.41, 5.74) is 3.62. The Bertz CT molecular complexity index is 560. The molecule has 3 nitrogen and oxygen atoms in total. The van der Waals surface area contributed by atoms with Gasteiger partial charge in [0, 0.05) is 30.6 Å². The van der Waals surface area contributed by atoms with Crippen LogP contribution in [0.4, 0.5) is 5.82 Å². The van der Waals surface area contributed by atoms with Crippen molar-refractivity contribution in [1.29, 1.82) is 0 Å². The second-order valence-electron chi connectivity index (χ2n) is 4.34. The topological polar surface area (TPSA) is 29.9 Å². The molecule has 4 heteroatoms. The van der Waals surface area contributed by atoms with Crippen molar-refractivity contribution < 1.29 is 0 Å². The first-order valence-corrected chi connectivity index (χ1v) is 6.15. The fourth-order valence-electron chi connectivity index (χ4n) is 2.38. The summed E-state index contributed by atoms with van der Waals surface area (Å²) in [7, 11) is 1.98. The standard InChI is InChI=1S/C13H14ClN3/c1-17-13-10(6-7-15-13)12(16-17)8-9-4-2-3-5-11(9)14/h2-5,15H,6-8H2,1H3. The van der Waals surface area contributed by atoms with Crippen molar-refractivity contribution in [3.05, 3.63) is 46.1 Å². The molecule has 1 aliphatic rings. The highest BCUT2D eigenvalue weighted by Gasteiger charge is 2.20. The average molecular weight is 248 g/mol. The number of halogens is 1. The highest BCUT2D eigenvalue weighted by Crippen LogP contribution is 2.28. The van der Waals surface area contributed by atoms with E-state index >= 15 is 0 Å². The van der Waals surface area contributed by atoms with Gasteiger partial charge in [-0.15, -0.1) is 0 Å². The van der Waals surface area contributed by atoms with Gasteiger partial charge in [-0.25, -0.2) is 0 Å². The molecule has 1 N–H and O–H groups in total. The SMILES string of the molecule is Cn1nc(Cc2ccccc2Cl)c2c1NCC2. The van der Waals surface area contributed by atoms with Crippen LogP contribution in [0.15, 0.2) is 24.3 Å². The number of fused-ring (bicyclic) bond motifs is 1. The summed E-state index contributed by atoms with van der Waals surface area (Å²) in [6.45, 7) is 1.01. The van der Waals surface area contributed by atoms with Crippen LogP contribution in [0.25, 0.3) is 0 Å². The summed E-state index contributed by atoms with van der Waals surface area (Å²) in [6, 6.07) is 7.96. The lowest BCUT2D eigenvalue weighted by atomic mass is 10.1. The van der Waals surface area contributed by atoms with Gasteiger partial charge in [0.05, 0.1) is 5.69 Å². The smallest absolute Gasteiger partial charge is 0.127 e. The highest BCUT2D eigenvalue weighted by molar-refractivity contribution is 6.31. The van der Waals surface area contributed by atoms with Gasteiger partial charge in [0.1, 0.15) is 5.82 Å². The molecule has 0 amide bonds. The Labute approximate surface area is 105 Å². The molecule has 0 saturated carbocycles. The van der Waals surface area contributed by atoms with Gasteiger partial charge in [-0.2, -0.15) is 5.10 Å². The van der Waals surface area contributed by atoms with Crippen LogP contribution in [-0.4, -0.2) is 16.3 Å². The number of hydrogen-bond acceptors (Lipinski definition) is 2. The van der Waals surface area contributed by atoms with Gasteiger partial charge >= 0.3 is 0 Å². The molecule has 88 valence electrons. The molecule has 0 fully saturated rings. The first kappa shape index (κ1) is 10.7. The van der Waals surface area contributed by atoms with Crippen LogP contribution in [0.5, 0.6) is 0 Å². The van der Waals surface area contributed by atoms with Gasteiger partial charge in [0.2, 0.25) is 0 Å². The Kier molecular flexibility index (Phi) is 2.56. The molecule has 0 radical (unpaired) electrons. The molecule has 1 aromatic carbocycles. The number of nitrogens with zero attached hydrogens (tertiary/aromatic N) is 2. The maximum Gasteiger partial charge on any atom is 0.127 e. The first-order chi connectivity index (χ1) is 8.25. The van der Waals surface area contributed by atoms with Gasteiger partial charge in [-0.1, -0.05) is 29.8 Å². The van der Waals surface area contributed by atoms with Gasteiger partial charge in [-0.3, -0.25) is 4.68 Å². The molecule has 2 aromatic rings. The minimum absolute atomic E-state index is 0.810. The molecule has 0 unspecified atom stereocenters. The van der Waals surface area contributed by atoms with Crippen molar-refractivity contribution in [2.45, 2.75) is 12.8 Å². The van der Waals surface area contributed by atoms with Gasteiger partial charge in [0.15, 0.2) is 0 Å². The molecule has 0 aliphatic carbocycles. The maximum absolute atomic E-state index is 6.18. The molecule has 17 heavy (non-hydrogen) atoms. The van der Waals surface area contributed by atoms with Crippen LogP contribution in [0.3, 0.4) is 0 Å². The minimum atomic E-state index is 0.810. The summed E-state index contributed by atoms with van der Waals surface area (Å²) >= 11 is 6.18.